The van der Waals surface area contributed by atoms with E-state index < -0.39 is 0 Å². The lowest BCUT2D eigenvalue weighted by molar-refractivity contribution is -0.116. The number of hydrogen-bond acceptors (Lipinski definition) is 3. The quantitative estimate of drug-likeness (QED) is 0.619. The van der Waals surface area contributed by atoms with Crippen LogP contribution in [0.1, 0.15) is 42.5 Å². The van der Waals surface area contributed by atoms with Crippen molar-refractivity contribution >= 4 is 11.8 Å². The number of hydrogen-bond donors (Lipinski definition) is 2. The highest BCUT2D eigenvalue weighted by Gasteiger charge is 2.08. The van der Waals surface area contributed by atoms with E-state index in [-0.39, 0.29) is 11.8 Å². The van der Waals surface area contributed by atoms with Crippen LogP contribution in [0.5, 0.6) is 0 Å². The number of nitrogens with one attached hydrogen (secondary N) is 2. The molecule has 1 aliphatic carbocycles. The highest BCUT2D eigenvalue weighted by molar-refractivity contribution is 5.93. The molecule has 1 aromatic rings. The normalized spacial score (nSPS) is 13.8. The van der Waals surface area contributed by atoms with Crippen LogP contribution in [0.2, 0.25) is 0 Å². The van der Waals surface area contributed by atoms with Crippen molar-refractivity contribution in [3.63, 3.8) is 0 Å². The Kier molecular flexibility index (Phi) is 5.94. The summed E-state index contributed by atoms with van der Waals surface area (Å²) in [6.07, 6.45) is 10.1. The van der Waals surface area contributed by atoms with Crippen molar-refractivity contribution in [1.29, 1.82) is 0 Å². The molecule has 1 aliphatic rings. The van der Waals surface area contributed by atoms with Crippen LogP contribution < -0.4 is 10.6 Å². The van der Waals surface area contributed by atoms with Gasteiger partial charge < -0.3 is 10.6 Å². The van der Waals surface area contributed by atoms with Crippen molar-refractivity contribution < 1.29 is 9.59 Å². The highest BCUT2D eigenvalue weighted by Crippen LogP contribution is 2.23. The van der Waals surface area contributed by atoms with E-state index in [0.29, 0.717) is 25.1 Å². The molecule has 2 N–H and O–H groups in total. The predicted molar refractivity (Wildman–Crippen MR) is 80.7 cm³/mol. The first-order valence-corrected chi connectivity index (χ1v) is 7.41. The van der Waals surface area contributed by atoms with Crippen molar-refractivity contribution in [3.8, 4) is 0 Å². The number of carbonyl (C=O) groups is 2. The van der Waals surface area contributed by atoms with Crippen molar-refractivity contribution in [3.05, 3.63) is 41.7 Å². The number of amides is 2. The van der Waals surface area contributed by atoms with E-state index in [0.717, 1.165) is 12.8 Å². The van der Waals surface area contributed by atoms with Crippen LogP contribution in [0, 0.1) is 0 Å². The molecule has 1 saturated carbocycles. The molecule has 0 aliphatic heterocycles. The minimum Gasteiger partial charge on any atom is -0.352 e. The molecule has 2 rings (SSSR count). The zero-order valence-electron chi connectivity index (χ0n) is 12.1. The van der Waals surface area contributed by atoms with Gasteiger partial charge in [0.1, 0.15) is 0 Å². The van der Waals surface area contributed by atoms with Gasteiger partial charge in [0.15, 0.2) is 0 Å². The van der Waals surface area contributed by atoms with Crippen LogP contribution in [0.4, 0.5) is 0 Å². The molecule has 2 amide bonds. The van der Waals surface area contributed by atoms with Gasteiger partial charge >= 0.3 is 0 Å². The van der Waals surface area contributed by atoms with Gasteiger partial charge in [0.2, 0.25) is 5.91 Å². The average Bonchev–Trinajstić information content (AvgIpc) is 3.00. The average molecular weight is 287 g/mol. The maximum Gasteiger partial charge on any atom is 0.252 e. The van der Waals surface area contributed by atoms with Gasteiger partial charge in [-0.05, 0) is 44.2 Å². The molecular weight excluding hydrogens is 266 g/mol. The van der Waals surface area contributed by atoms with Crippen LogP contribution >= 0.6 is 0 Å². The molecule has 0 bridgehead atoms. The Balaban J connectivity index is 1.58. The molecule has 112 valence electrons. The van der Waals surface area contributed by atoms with Gasteiger partial charge in [0.25, 0.3) is 5.91 Å². The molecule has 0 spiro atoms. The Bertz CT molecular complexity index is 504. The molecule has 5 heteroatoms. The number of carbonyl (C=O) groups excluding carboxylic acids is 2. The largest absolute Gasteiger partial charge is 0.352 e. The molecule has 0 aromatic carbocycles. The number of rotatable bonds is 6. The Morgan fingerprint density at radius 3 is 2.67 bits per heavy atom. The summed E-state index contributed by atoms with van der Waals surface area (Å²) in [4.78, 5) is 27.3. The van der Waals surface area contributed by atoms with Crippen LogP contribution in [-0.4, -0.2) is 29.9 Å². The molecule has 5 nitrogen and oxygen atoms in total. The molecule has 0 unspecified atom stereocenters. The van der Waals surface area contributed by atoms with Gasteiger partial charge in [-0.2, -0.15) is 0 Å². The summed E-state index contributed by atoms with van der Waals surface area (Å²) < 4.78 is 0. The van der Waals surface area contributed by atoms with E-state index in [2.05, 4.69) is 15.6 Å². The molecule has 1 heterocycles. The maximum atomic E-state index is 11.7. The fraction of sp³-hybridized carbons (Fsp3) is 0.438. The second kappa shape index (κ2) is 8.19. The lowest BCUT2D eigenvalue weighted by Crippen LogP contribution is -2.29. The highest BCUT2D eigenvalue weighted by atomic mass is 16.2. The van der Waals surface area contributed by atoms with E-state index in [1.165, 1.54) is 24.6 Å². The Labute approximate surface area is 124 Å². The van der Waals surface area contributed by atoms with Gasteiger partial charge in [-0.25, -0.2) is 0 Å². The number of nitrogens with zero attached hydrogens (tertiary/aromatic N) is 1. The molecule has 1 fully saturated rings. The third-order valence-electron chi connectivity index (χ3n) is 3.44. The minimum absolute atomic E-state index is 0.0227. The van der Waals surface area contributed by atoms with Crippen LogP contribution in [0.25, 0.3) is 0 Å². The molecule has 0 radical (unpaired) electrons. The third kappa shape index (κ3) is 5.38. The van der Waals surface area contributed by atoms with E-state index in [4.69, 9.17) is 0 Å². The van der Waals surface area contributed by atoms with Gasteiger partial charge in [-0.3, -0.25) is 14.6 Å². The second-order valence-corrected chi connectivity index (χ2v) is 5.15. The first-order valence-electron chi connectivity index (χ1n) is 7.41. The molecule has 21 heavy (non-hydrogen) atoms. The summed E-state index contributed by atoms with van der Waals surface area (Å²) in [6.45, 7) is 1.10. The van der Waals surface area contributed by atoms with E-state index in [1.54, 1.807) is 24.4 Å². The maximum absolute atomic E-state index is 11.7. The third-order valence-corrected chi connectivity index (χ3v) is 3.44. The van der Waals surface area contributed by atoms with Crippen molar-refractivity contribution in [2.24, 2.45) is 0 Å². The number of allylic oxidation sites excluding steroid dienone is 1. The van der Waals surface area contributed by atoms with Crippen molar-refractivity contribution in [1.82, 2.24) is 15.6 Å². The van der Waals surface area contributed by atoms with Gasteiger partial charge in [-0.1, -0.05) is 5.57 Å². The monoisotopic (exact) mass is 287 g/mol. The SMILES string of the molecule is O=C(C=C1CCCC1)NCCCNC(=O)c1cccnc1. The summed E-state index contributed by atoms with van der Waals surface area (Å²) in [5, 5.41) is 5.64. The van der Waals surface area contributed by atoms with Crippen LogP contribution in [0.15, 0.2) is 36.2 Å². The second-order valence-electron chi connectivity index (χ2n) is 5.15. The van der Waals surface area contributed by atoms with Gasteiger partial charge in [-0.15, -0.1) is 0 Å². The van der Waals surface area contributed by atoms with E-state index in [9.17, 15) is 9.59 Å². The minimum atomic E-state index is -0.137. The van der Waals surface area contributed by atoms with Crippen molar-refractivity contribution in [2.75, 3.05) is 13.1 Å². The first kappa shape index (κ1) is 15.2. The van der Waals surface area contributed by atoms with Crippen LogP contribution in [-0.2, 0) is 4.79 Å². The van der Waals surface area contributed by atoms with E-state index in [1.807, 2.05) is 0 Å². The molecule has 0 atom stereocenters. The zero-order valence-corrected chi connectivity index (χ0v) is 12.1. The number of pyridine rings is 1. The Hall–Kier alpha value is -2.17. The summed E-state index contributed by atoms with van der Waals surface area (Å²) in [5.41, 5.74) is 1.80. The first-order chi connectivity index (χ1) is 10.3. The zero-order chi connectivity index (χ0) is 14.9. The predicted octanol–water partition coefficient (Wildman–Crippen LogP) is 1.82. The fourth-order valence-electron chi connectivity index (χ4n) is 2.31. The standard InChI is InChI=1S/C16H21N3O2/c20-15(11-13-5-1-2-6-13)18-9-4-10-19-16(21)14-7-3-8-17-12-14/h3,7-8,11-12H,1-2,4-6,9-10H2,(H,18,20)(H,19,21). The lowest BCUT2D eigenvalue weighted by atomic mass is 10.2. The lowest BCUT2D eigenvalue weighted by Gasteiger charge is -2.05. The summed E-state index contributed by atoms with van der Waals surface area (Å²) in [5.74, 6) is -0.159. The summed E-state index contributed by atoms with van der Waals surface area (Å²) >= 11 is 0. The topological polar surface area (TPSA) is 71.1 Å². The Morgan fingerprint density at radius 2 is 1.95 bits per heavy atom. The Morgan fingerprint density at radius 1 is 1.19 bits per heavy atom. The summed E-state index contributed by atoms with van der Waals surface area (Å²) in [6, 6.07) is 3.45. The number of aromatic nitrogens is 1. The van der Waals surface area contributed by atoms with Gasteiger partial charge in [0, 0.05) is 31.6 Å². The molecular formula is C16H21N3O2. The van der Waals surface area contributed by atoms with E-state index >= 15 is 0 Å². The smallest absolute Gasteiger partial charge is 0.252 e. The van der Waals surface area contributed by atoms with Gasteiger partial charge in [0.05, 0.1) is 5.56 Å². The molecule has 0 saturated heterocycles. The fourth-order valence-corrected chi connectivity index (χ4v) is 2.31. The summed E-state index contributed by atoms with van der Waals surface area (Å²) in [7, 11) is 0. The molecule has 1 aromatic heterocycles. The van der Waals surface area contributed by atoms with Crippen LogP contribution in [0.3, 0.4) is 0 Å². The van der Waals surface area contributed by atoms with Crippen molar-refractivity contribution in [2.45, 2.75) is 32.1 Å².